The Hall–Kier alpha value is -2.19. The third kappa shape index (κ3) is 1.34. The van der Waals surface area contributed by atoms with Crippen LogP contribution in [0, 0.1) is 0 Å². The number of hydrogen-bond donors (Lipinski definition) is 0. The molecule has 4 heteroatoms. The van der Waals surface area contributed by atoms with E-state index >= 15 is 0 Å². The molecule has 14 heavy (non-hydrogen) atoms. The van der Waals surface area contributed by atoms with Gasteiger partial charge in [-0.15, -0.1) is 4.99 Å². The van der Waals surface area contributed by atoms with Crippen molar-refractivity contribution in [2.45, 2.75) is 0 Å². The van der Waals surface area contributed by atoms with Gasteiger partial charge in [-0.1, -0.05) is 12.1 Å². The highest BCUT2D eigenvalue weighted by Crippen LogP contribution is 2.16. The number of isocyanates is 1. The minimum Gasteiger partial charge on any atom is -0.437 e. The molecule has 2 rings (SSSR count). The Kier molecular flexibility index (Phi) is 1.97. The molecule has 0 bridgehead atoms. The lowest BCUT2D eigenvalue weighted by molar-refractivity contribution is 0.560. The van der Waals surface area contributed by atoms with Gasteiger partial charge in [-0.3, -0.25) is 4.79 Å². The first-order valence-corrected chi connectivity index (χ1v) is 3.92. The zero-order valence-corrected chi connectivity index (χ0v) is 7.06. The van der Waals surface area contributed by atoms with E-state index in [1.807, 2.05) is 0 Å². The highest BCUT2D eigenvalue weighted by Gasteiger charge is 2.01. The van der Waals surface area contributed by atoms with Crippen molar-refractivity contribution in [1.82, 2.24) is 0 Å². The average Bonchev–Trinajstić information content (AvgIpc) is 2.18. The van der Waals surface area contributed by atoms with E-state index < -0.39 is 0 Å². The fraction of sp³-hybridized carbons (Fsp3) is 0. The van der Waals surface area contributed by atoms with Crippen LogP contribution in [0.4, 0.5) is 5.88 Å². The summed E-state index contributed by atoms with van der Waals surface area (Å²) in [5.74, 6) is -0.0244. The number of nitrogens with zero attached hydrogens (tertiary/aromatic N) is 1. The van der Waals surface area contributed by atoms with Crippen molar-refractivity contribution in [3.05, 3.63) is 40.6 Å². The first-order chi connectivity index (χ1) is 6.81. The van der Waals surface area contributed by atoms with Gasteiger partial charge < -0.3 is 4.42 Å². The molecule has 0 saturated carbocycles. The minimum absolute atomic E-state index is 0.0244. The van der Waals surface area contributed by atoms with Crippen molar-refractivity contribution in [3.8, 4) is 0 Å². The third-order valence-electron chi connectivity index (χ3n) is 1.78. The van der Waals surface area contributed by atoms with Crippen LogP contribution >= 0.6 is 0 Å². The fourth-order valence-corrected chi connectivity index (χ4v) is 1.19. The lowest BCUT2D eigenvalue weighted by Crippen LogP contribution is -1.97. The van der Waals surface area contributed by atoms with Gasteiger partial charge >= 0.3 is 0 Å². The second-order valence-electron chi connectivity index (χ2n) is 2.65. The Labute approximate surface area is 78.5 Å². The minimum atomic E-state index is -0.221. The van der Waals surface area contributed by atoms with Crippen LogP contribution in [0.15, 0.2) is 44.5 Å². The van der Waals surface area contributed by atoms with E-state index in [1.54, 1.807) is 24.3 Å². The van der Waals surface area contributed by atoms with Crippen LogP contribution in [-0.4, -0.2) is 6.08 Å². The first-order valence-electron chi connectivity index (χ1n) is 3.92. The highest BCUT2D eigenvalue weighted by atomic mass is 16.3. The summed E-state index contributed by atoms with van der Waals surface area (Å²) in [6.07, 6.45) is 1.32. The summed E-state index contributed by atoms with van der Waals surface area (Å²) in [6.45, 7) is 0. The van der Waals surface area contributed by atoms with E-state index in [9.17, 15) is 9.59 Å². The molecule has 0 fully saturated rings. The lowest BCUT2D eigenvalue weighted by Gasteiger charge is -1.95. The highest BCUT2D eigenvalue weighted by molar-refractivity contribution is 5.77. The molecular formula is C10H5NO3. The smallest absolute Gasteiger partial charge is 0.243 e. The van der Waals surface area contributed by atoms with Gasteiger partial charge in [0.2, 0.25) is 12.0 Å². The molecule has 0 aliphatic rings. The van der Waals surface area contributed by atoms with Crippen LogP contribution in [0.5, 0.6) is 0 Å². The zero-order valence-electron chi connectivity index (χ0n) is 7.06. The second kappa shape index (κ2) is 3.28. The predicted octanol–water partition coefficient (Wildman–Crippen LogP) is 1.76. The maximum Gasteiger partial charge on any atom is 0.243 e. The van der Waals surface area contributed by atoms with E-state index in [2.05, 4.69) is 4.99 Å². The molecule has 0 atom stereocenters. The normalized spacial score (nSPS) is 9.71. The molecule has 0 aliphatic carbocycles. The van der Waals surface area contributed by atoms with Crippen molar-refractivity contribution in [3.63, 3.8) is 0 Å². The van der Waals surface area contributed by atoms with Crippen molar-refractivity contribution < 1.29 is 9.21 Å². The molecule has 0 unspecified atom stereocenters. The summed E-state index contributed by atoms with van der Waals surface area (Å²) in [5, 5.41) is 0.470. The molecule has 2 aromatic rings. The molecule has 0 spiro atoms. The van der Waals surface area contributed by atoms with Crippen LogP contribution < -0.4 is 5.43 Å². The molecule has 0 amide bonds. The molecule has 68 valence electrons. The van der Waals surface area contributed by atoms with Crippen LogP contribution in [0.2, 0.25) is 0 Å². The monoisotopic (exact) mass is 187 g/mol. The first kappa shape index (κ1) is 8.41. The summed E-state index contributed by atoms with van der Waals surface area (Å²) >= 11 is 0. The van der Waals surface area contributed by atoms with E-state index in [0.29, 0.717) is 11.0 Å². The van der Waals surface area contributed by atoms with Gasteiger partial charge in [-0.25, -0.2) is 4.79 Å². The standard InChI is InChI=1S/C10H5NO3/c12-6-11-10-5-8(13)7-3-1-2-4-9(7)14-10/h1-5H. The Bertz CT molecular complexity index is 579. The van der Waals surface area contributed by atoms with Gasteiger partial charge in [0.15, 0.2) is 5.43 Å². The maximum absolute atomic E-state index is 11.4. The SMILES string of the molecule is O=C=Nc1cc(=O)c2ccccc2o1. The Balaban J connectivity index is 2.85. The molecule has 0 radical (unpaired) electrons. The molecule has 0 saturated heterocycles. The van der Waals surface area contributed by atoms with E-state index in [-0.39, 0.29) is 11.3 Å². The number of fused-ring (bicyclic) bond motifs is 1. The van der Waals surface area contributed by atoms with E-state index in [0.717, 1.165) is 6.07 Å². The van der Waals surface area contributed by atoms with E-state index in [4.69, 9.17) is 4.42 Å². The quantitative estimate of drug-likeness (QED) is 0.504. The summed E-state index contributed by atoms with van der Waals surface area (Å²) in [5.41, 5.74) is 0.190. The topological polar surface area (TPSA) is 59.6 Å². The van der Waals surface area contributed by atoms with Gasteiger partial charge in [-0.05, 0) is 12.1 Å². The predicted molar refractivity (Wildman–Crippen MR) is 50.3 cm³/mol. The fourth-order valence-electron chi connectivity index (χ4n) is 1.19. The van der Waals surface area contributed by atoms with Crippen molar-refractivity contribution in [1.29, 1.82) is 0 Å². The average molecular weight is 187 g/mol. The molecule has 0 aliphatic heterocycles. The molecule has 1 aromatic carbocycles. The lowest BCUT2D eigenvalue weighted by atomic mass is 10.2. The van der Waals surface area contributed by atoms with Crippen LogP contribution in [-0.2, 0) is 4.79 Å². The van der Waals surface area contributed by atoms with Gasteiger partial charge in [0.25, 0.3) is 0 Å². The summed E-state index contributed by atoms with van der Waals surface area (Å²) < 4.78 is 5.15. The molecule has 1 heterocycles. The number of carbonyl (C=O) groups excluding carboxylic acids is 1. The second-order valence-corrected chi connectivity index (χ2v) is 2.65. The molecule has 4 nitrogen and oxygen atoms in total. The summed E-state index contributed by atoms with van der Waals surface area (Å²) in [7, 11) is 0. The number of benzene rings is 1. The van der Waals surface area contributed by atoms with Crippen molar-refractivity contribution >= 4 is 22.9 Å². The van der Waals surface area contributed by atoms with Gasteiger partial charge in [-0.2, -0.15) is 0 Å². The Morgan fingerprint density at radius 3 is 2.86 bits per heavy atom. The number of aliphatic imine (C=N–C) groups is 1. The van der Waals surface area contributed by atoms with Gasteiger partial charge in [0.1, 0.15) is 5.58 Å². The summed E-state index contributed by atoms with van der Waals surface area (Å²) in [6, 6.07) is 7.92. The Morgan fingerprint density at radius 2 is 2.07 bits per heavy atom. The largest absolute Gasteiger partial charge is 0.437 e. The van der Waals surface area contributed by atoms with Crippen molar-refractivity contribution in [2.24, 2.45) is 4.99 Å². The Morgan fingerprint density at radius 1 is 1.29 bits per heavy atom. The maximum atomic E-state index is 11.4. The van der Waals surface area contributed by atoms with E-state index in [1.165, 1.54) is 6.08 Å². The molecule has 0 N–H and O–H groups in total. The molecular weight excluding hydrogens is 182 g/mol. The van der Waals surface area contributed by atoms with Crippen LogP contribution in [0.1, 0.15) is 0 Å². The zero-order chi connectivity index (χ0) is 9.97. The number of hydrogen-bond acceptors (Lipinski definition) is 4. The number of para-hydroxylation sites is 1. The third-order valence-corrected chi connectivity index (χ3v) is 1.78. The van der Waals surface area contributed by atoms with Gasteiger partial charge in [0.05, 0.1) is 5.39 Å². The van der Waals surface area contributed by atoms with Crippen LogP contribution in [0.25, 0.3) is 11.0 Å². The van der Waals surface area contributed by atoms with Crippen LogP contribution in [0.3, 0.4) is 0 Å². The number of rotatable bonds is 1. The van der Waals surface area contributed by atoms with Gasteiger partial charge in [0, 0.05) is 6.07 Å². The summed E-state index contributed by atoms with van der Waals surface area (Å²) in [4.78, 5) is 24.6. The molecule has 1 aromatic heterocycles. The van der Waals surface area contributed by atoms with Crippen molar-refractivity contribution in [2.75, 3.05) is 0 Å².